The zero-order valence-corrected chi connectivity index (χ0v) is 15.7. The molecule has 25 heavy (non-hydrogen) atoms. The van der Waals surface area contributed by atoms with Crippen LogP contribution in [0.15, 0.2) is 4.79 Å². The molecule has 0 atom stereocenters. The largest absolute Gasteiger partial charge is 0.352 e. The Labute approximate surface area is 149 Å². The summed E-state index contributed by atoms with van der Waals surface area (Å²) in [4.78, 5) is 44.3. The molecule has 0 saturated heterocycles. The first kappa shape index (κ1) is 17.6. The van der Waals surface area contributed by atoms with E-state index in [4.69, 9.17) is 0 Å². The van der Waals surface area contributed by atoms with E-state index < -0.39 is 0 Å². The second-order valence-electron chi connectivity index (χ2n) is 6.71. The maximum atomic E-state index is 12.7. The Hall–Kier alpha value is -2.22. The molecule has 0 fully saturated rings. The van der Waals surface area contributed by atoms with Crippen LogP contribution in [0.25, 0.3) is 10.2 Å². The van der Waals surface area contributed by atoms with Gasteiger partial charge in [0.25, 0.3) is 11.5 Å². The van der Waals surface area contributed by atoms with Crippen LogP contribution in [0.2, 0.25) is 0 Å². The maximum Gasteiger partial charge on any atom is 0.264 e. The van der Waals surface area contributed by atoms with Gasteiger partial charge in [0.1, 0.15) is 10.7 Å². The summed E-state index contributed by atoms with van der Waals surface area (Å²) < 4.78 is 1.70. The van der Waals surface area contributed by atoms with E-state index in [1.54, 1.807) is 18.5 Å². The lowest BCUT2D eigenvalue weighted by molar-refractivity contribution is -0.122. The fourth-order valence-electron chi connectivity index (χ4n) is 3.11. The lowest BCUT2D eigenvalue weighted by Gasteiger charge is -2.17. The van der Waals surface area contributed by atoms with Gasteiger partial charge in [-0.05, 0) is 32.8 Å². The fraction of sp³-hybridized carbons (Fsp3) is 0.529. The fourth-order valence-corrected chi connectivity index (χ4v) is 4.29. The monoisotopic (exact) mass is 362 g/mol. The smallest absolute Gasteiger partial charge is 0.264 e. The van der Waals surface area contributed by atoms with Gasteiger partial charge in [-0.1, -0.05) is 0 Å². The van der Waals surface area contributed by atoms with Crippen LogP contribution in [0.5, 0.6) is 0 Å². The zero-order valence-electron chi connectivity index (χ0n) is 14.9. The van der Waals surface area contributed by atoms with Crippen molar-refractivity contribution in [2.75, 3.05) is 13.6 Å². The molecule has 0 aromatic carbocycles. The second kappa shape index (κ2) is 6.59. The number of hydrogen-bond acceptors (Lipinski definition) is 5. The molecule has 0 unspecified atom stereocenters. The Kier molecular flexibility index (Phi) is 4.64. The van der Waals surface area contributed by atoms with E-state index in [1.165, 1.54) is 16.2 Å². The summed E-state index contributed by atoms with van der Waals surface area (Å²) in [6.45, 7) is 6.18. The third kappa shape index (κ3) is 3.18. The summed E-state index contributed by atoms with van der Waals surface area (Å²) in [6, 6.07) is 0.0219. The van der Waals surface area contributed by atoms with Crippen LogP contribution in [0.1, 0.15) is 41.3 Å². The SMILES string of the molecule is Cc1c(C(=O)N(C)CC(=O)NC(C)C)sc2nc3n(c(=O)c12)CCC3. The standard InChI is InChI=1S/C17H22N4O3S/c1-9(2)18-12(22)8-20(4)17(24)14-10(3)13-15(25-14)19-11-6-5-7-21(11)16(13)23/h9H,5-8H2,1-4H3,(H,18,22). The summed E-state index contributed by atoms with van der Waals surface area (Å²) in [5, 5.41) is 3.29. The van der Waals surface area contributed by atoms with E-state index in [0.29, 0.717) is 27.2 Å². The van der Waals surface area contributed by atoms with Crippen LogP contribution in [0.3, 0.4) is 0 Å². The van der Waals surface area contributed by atoms with Gasteiger partial charge in [-0.25, -0.2) is 4.98 Å². The number of aromatic nitrogens is 2. The molecule has 0 saturated carbocycles. The van der Waals surface area contributed by atoms with Crippen molar-refractivity contribution in [2.24, 2.45) is 0 Å². The lowest BCUT2D eigenvalue weighted by atomic mass is 10.2. The number of nitrogens with zero attached hydrogens (tertiary/aromatic N) is 3. The molecule has 0 bridgehead atoms. The Morgan fingerprint density at radius 3 is 2.80 bits per heavy atom. The molecule has 134 valence electrons. The first-order chi connectivity index (χ1) is 11.8. The summed E-state index contributed by atoms with van der Waals surface area (Å²) in [6.07, 6.45) is 1.72. The number of fused-ring (bicyclic) bond motifs is 2. The highest BCUT2D eigenvalue weighted by atomic mass is 32.1. The molecule has 2 aromatic rings. The number of carbonyl (C=O) groups excluding carboxylic acids is 2. The molecule has 2 amide bonds. The summed E-state index contributed by atoms with van der Waals surface area (Å²) in [5.41, 5.74) is 0.589. The first-order valence-corrected chi connectivity index (χ1v) is 9.19. The number of likely N-dealkylation sites (N-methyl/N-ethyl adjacent to an activating group) is 1. The number of hydrogen-bond donors (Lipinski definition) is 1. The molecule has 1 aliphatic heterocycles. The molecular formula is C17H22N4O3S. The van der Waals surface area contributed by atoms with Crippen molar-refractivity contribution in [1.82, 2.24) is 19.8 Å². The van der Waals surface area contributed by atoms with Crippen molar-refractivity contribution in [1.29, 1.82) is 0 Å². The Bertz CT molecular complexity index is 913. The molecule has 3 rings (SSSR count). The highest BCUT2D eigenvalue weighted by molar-refractivity contribution is 7.20. The molecule has 1 aliphatic rings. The Morgan fingerprint density at radius 1 is 1.40 bits per heavy atom. The van der Waals surface area contributed by atoms with Gasteiger partial charge < -0.3 is 10.2 Å². The predicted octanol–water partition coefficient (Wildman–Crippen LogP) is 1.31. The molecule has 0 radical (unpaired) electrons. The van der Waals surface area contributed by atoms with Crippen molar-refractivity contribution in [3.05, 3.63) is 26.6 Å². The van der Waals surface area contributed by atoms with E-state index in [2.05, 4.69) is 10.3 Å². The Balaban J connectivity index is 1.92. The van der Waals surface area contributed by atoms with Crippen LogP contribution in [0, 0.1) is 6.92 Å². The molecule has 2 aromatic heterocycles. The number of carbonyl (C=O) groups is 2. The average molecular weight is 362 g/mol. The molecule has 1 N–H and O–H groups in total. The third-order valence-corrected chi connectivity index (χ3v) is 5.46. The normalized spacial score (nSPS) is 13.3. The first-order valence-electron chi connectivity index (χ1n) is 8.37. The van der Waals surface area contributed by atoms with Gasteiger partial charge in [-0.15, -0.1) is 11.3 Å². The highest BCUT2D eigenvalue weighted by Crippen LogP contribution is 2.29. The minimum atomic E-state index is -0.260. The van der Waals surface area contributed by atoms with Crippen LogP contribution >= 0.6 is 11.3 Å². The summed E-state index contributed by atoms with van der Waals surface area (Å²) in [7, 11) is 1.59. The van der Waals surface area contributed by atoms with Crippen LogP contribution < -0.4 is 10.9 Å². The molecule has 7 nitrogen and oxygen atoms in total. The van der Waals surface area contributed by atoms with Crippen LogP contribution in [-0.2, 0) is 17.8 Å². The molecule has 0 spiro atoms. The van der Waals surface area contributed by atoms with Crippen LogP contribution in [0.4, 0.5) is 0 Å². The number of rotatable bonds is 4. The van der Waals surface area contributed by atoms with E-state index >= 15 is 0 Å². The Morgan fingerprint density at radius 2 is 2.12 bits per heavy atom. The van der Waals surface area contributed by atoms with Gasteiger partial charge in [0, 0.05) is 26.1 Å². The third-order valence-electron chi connectivity index (χ3n) is 4.28. The van der Waals surface area contributed by atoms with E-state index in [0.717, 1.165) is 18.7 Å². The van der Waals surface area contributed by atoms with Crippen molar-refractivity contribution in [3.63, 3.8) is 0 Å². The minimum Gasteiger partial charge on any atom is -0.352 e. The topological polar surface area (TPSA) is 84.3 Å². The number of thiophene rings is 1. The van der Waals surface area contributed by atoms with E-state index in [1.807, 2.05) is 13.8 Å². The van der Waals surface area contributed by atoms with Gasteiger partial charge in [0.05, 0.1) is 16.8 Å². The predicted molar refractivity (Wildman–Crippen MR) is 97.2 cm³/mol. The van der Waals surface area contributed by atoms with Gasteiger partial charge in [-0.2, -0.15) is 0 Å². The van der Waals surface area contributed by atoms with Gasteiger partial charge in [0.2, 0.25) is 5.91 Å². The molecule has 8 heteroatoms. The van der Waals surface area contributed by atoms with Gasteiger partial charge in [-0.3, -0.25) is 19.0 Å². The van der Waals surface area contributed by atoms with Crippen molar-refractivity contribution in [3.8, 4) is 0 Å². The van der Waals surface area contributed by atoms with Gasteiger partial charge in [0.15, 0.2) is 0 Å². The van der Waals surface area contributed by atoms with E-state index in [-0.39, 0.29) is 30.0 Å². The van der Waals surface area contributed by atoms with Crippen molar-refractivity contribution < 1.29 is 9.59 Å². The highest BCUT2D eigenvalue weighted by Gasteiger charge is 2.25. The maximum absolute atomic E-state index is 12.7. The minimum absolute atomic E-state index is 0.0202. The second-order valence-corrected chi connectivity index (χ2v) is 7.71. The van der Waals surface area contributed by atoms with Crippen molar-refractivity contribution in [2.45, 2.75) is 46.2 Å². The zero-order chi connectivity index (χ0) is 18.3. The quantitative estimate of drug-likeness (QED) is 0.889. The molecular weight excluding hydrogens is 340 g/mol. The molecule has 3 heterocycles. The van der Waals surface area contributed by atoms with E-state index in [9.17, 15) is 14.4 Å². The molecule has 0 aliphatic carbocycles. The van der Waals surface area contributed by atoms with Crippen LogP contribution in [-0.4, -0.2) is 45.9 Å². The van der Waals surface area contributed by atoms with Crippen molar-refractivity contribution >= 4 is 33.4 Å². The summed E-state index contributed by atoms with van der Waals surface area (Å²) >= 11 is 1.23. The summed E-state index contributed by atoms with van der Waals surface area (Å²) in [5.74, 6) is 0.327. The number of aryl methyl sites for hydroxylation is 2. The number of nitrogens with one attached hydrogen (secondary N) is 1. The average Bonchev–Trinajstić information content (AvgIpc) is 3.11. The lowest BCUT2D eigenvalue weighted by Crippen LogP contribution is -2.40. The number of amides is 2. The van der Waals surface area contributed by atoms with Gasteiger partial charge >= 0.3 is 0 Å².